The fraction of sp³-hybridized carbons (Fsp3) is 0.412. The number of aryl methyl sites for hydroxylation is 1. The number of aromatic nitrogens is 3. The highest BCUT2D eigenvalue weighted by Crippen LogP contribution is 2.21. The number of benzene rings is 2. The van der Waals surface area contributed by atoms with Crippen LogP contribution >= 0.6 is 0 Å². The molecule has 0 bridgehead atoms. The lowest BCUT2D eigenvalue weighted by molar-refractivity contribution is 0.0645. The van der Waals surface area contributed by atoms with Gasteiger partial charge in [-0.05, 0) is 65.0 Å². The highest BCUT2D eigenvalue weighted by Gasteiger charge is 2.29. The number of pyridine rings is 1. The first-order valence-corrected chi connectivity index (χ1v) is 15.3. The summed E-state index contributed by atoms with van der Waals surface area (Å²) in [6, 6.07) is 20.3. The molecule has 10 heteroatoms. The minimum absolute atomic E-state index is 0.0685. The maximum atomic E-state index is 14.1. The molecular weight excluding hydrogens is 556 g/mol. The molecule has 1 fully saturated rings. The van der Waals surface area contributed by atoms with Crippen LogP contribution in [0.25, 0.3) is 16.7 Å². The Morgan fingerprint density at radius 1 is 0.864 bits per heavy atom. The minimum atomic E-state index is -0.912. The lowest BCUT2D eigenvalue weighted by atomic mass is 10.1. The van der Waals surface area contributed by atoms with Gasteiger partial charge in [-0.25, -0.2) is 14.3 Å². The SMILES string of the molecule is Cc1cc(C(=O)N(C(C)C)C(C)C)c2c(=O)n(-c3ccccc3)c(=O)n(CC(O)CN3CCN(c4ccccc4)CC3)c2n1. The summed E-state index contributed by atoms with van der Waals surface area (Å²) in [5, 5.41) is 11.4. The van der Waals surface area contributed by atoms with E-state index in [1.165, 1.54) is 10.3 Å². The van der Waals surface area contributed by atoms with Gasteiger partial charge in [0.1, 0.15) is 0 Å². The van der Waals surface area contributed by atoms with Crippen LogP contribution in [-0.4, -0.2) is 85.8 Å². The van der Waals surface area contributed by atoms with E-state index in [9.17, 15) is 19.5 Å². The molecule has 0 saturated carbocycles. The molecule has 1 amide bonds. The van der Waals surface area contributed by atoms with Gasteiger partial charge in [-0.2, -0.15) is 0 Å². The molecule has 44 heavy (non-hydrogen) atoms. The van der Waals surface area contributed by atoms with Crippen molar-refractivity contribution in [1.82, 2.24) is 23.9 Å². The number of carbonyl (C=O) groups excluding carboxylic acids is 1. The molecule has 1 N–H and O–H groups in total. The Bertz CT molecular complexity index is 1720. The van der Waals surface area contributed by atoms with Gasteiger partial charge in [-0.15, -0.1) is 0 Å². The van der Waals surface area contributed by atoms with E-state index in [0.29, 0.717) is 17.9 Å². The molecular formula is C34H42N6O4. The first-order valence-electron chi connectivity index (χ1n) is 15.3. The monoisotopic (exact) mass is 598 g/mol. The molecule has 1 aliphatic rings. The van der Waals surface area contributed by atoms with Gasteiger partial charge in [-0.1, -0.05) is 36.4 Å². The van der Waals surface area contributed by atoms with E-state index in [1.807, 2.05) is 45.9 Å². The number of anilines is 1. The third kappa shape index (κ3) is 6.32. The summed E-state index contributed by atoms with van der Waals surface area (Å²) in [5.41, 5.74) is 1.15. The Balaban J connectivity index is 1.54. The van der Waals surface area contributed by atoms with Crippen LogP contribution in [0.4, 0.5) is 5.69 Å². The Kier molecular flexibility index (Phi) is 9.31. The van der Waals surface area contributed by atoms with Crippen LogP contribution in [0.3, 0.4) is 0 Å². The number of fused-ring (bicyclic) bond motifs is 1. The van der Waals surface area contributed by atoms with Crippen molar-refractivity contribution in [2.75, 3.05) is 37.6 Å². The first kappa shape index (κ1) is 31.2. The van der Waals surface area contributed by atoms with E-state index in [-0.39, 0.29) is 41.1 Å². The fourth-order valence-electron chi connectivity index (χ4n) is 6.21. The van der Waals surface area contributed by atoms with Gasteiger partial charge in [0, 0.05) is 56.2 Å². The van der Waals surface area contributed by atoms with Crippen molar-refractivity contribution in [1.29, 1.82) is 0 Å². The summed E-state index contributed by atoms with van der Waals surface area (Å²) < 4.78 is 2.43. The van der Waals surface area contributed by atoms with E-state index < -0.39 is 17.4 Å². The van der Waals surface area contributed by atoms with Crippen molar-refractivity contribution < 1.29 is 9.90 Å². The smallest absolute Gasteiger partial charge is 0.337 e. The standard InChI is InChI=1S/C34H42N6O4/c1-23(2)39(24(3)4)32(42)29-20-25(5)35-31-30(29)33(43)40(27-14-10-7-11-15-27)34(44)38(31)22-28(41)21-36-16-18-37(19-17-36)26-12-8-6-9-13-26/h6-15,20,23-24,28,41H,16-19,21-22H2,1-5H3. The molecule has 1 saturated heterocycles. The Morgan fingerprint density at radius 2 is 1.43 bits per heavy atom. The van der Waals surface area contributed by atoms with Gasteiger partial charge in [0.15, 0.2) is 5.65 Å². The zero-order valence-electron chi connectivity index (χ0n) is 26.2. The van der Waals surface area contributed by atoms with Crippen molar-refractivity contribution in [3.8, 4) is 5.69 Å². The highest BCUT2D eigenvalue weighted by molar-refractivity contribution is 6.05. The van der Waals surface area contributed by atoms with Gasteiger partial charge in [0.05, 0.1) is 29.3 Å². The second kappa shape index (κ2) is 13.2. The summed E-state index contributed by atoms with van der Waals surface area (Å²) >= 11 is 0. The van der Waals surface area contributed by atoms with Gasteiger partial charge < -0.3 is 14.9 Å². The lowest BCUT2D eigenvalue weighted by Gasteiger charge is -2.37. The predicted molar refractivity (Wildman–Crippen MR) is 174 cm³/mol. The Morgan fingerprint density at radius 3 is 2.00 bits per heavy atom. The van der Waals surface area contributed by atoms with Crippen LogP contribution in [0.1, 0.15) is 43.7 Å². The topological polar surface area (TPSA) is 104 Å². The summed E-state index contributed by atoms with van der Waals surface area (Å²) in [6.45, 7) is 12.9. The van der Waals surface area contributed by atoms with E-state index in [0.717, 1.165) is 30.7 Å². The zero-order chi connectivity index (χ0) is 31.5. The molecule has 0 spiro atoms. The molecule has 0 radical (unpaired) electrons. The largest absolute Gasteiger partial charge is 0.390 e. The maximum absolute atomic E-state index is 14.1. The van der Waals surface area contributed by atoms with E-state index in [1.54, 1.807) is 48.2 Å². The molecule has 5 rings (SSSR count). The van der Waals surface area contributed by atoms with E-state index in [2.05, 4.69) is 26.9 Å². The number of hydrogen-bond donors (Lipinski definition) is 1. The second-order valence-electron chi connectivity index (χ2n) is 12.1. The molecule has 4 aromatic rings. The number of aliphatic hydroxyl groups is 1. The number of nitrogens with zero attached hydrogens (tertiary/aromatic N) is 6. The van der Waals surface area contributed by atoms with Crippen LogP contribution in [0, 0.1) is 6.92 Å². The van der Waals surface area contributed by atoms with Gasteiger partial charge in [0.2, 0.25) is 0 Å². The number of para-hydroxylation sites is 2. The number of β-amino-alcohol motifs (C(OH)–C–C–N with tert-alkyl or cyclic N) is 1. The van der Waals surface area contributed by atoms with E-state index >= 15 is 0 Å². The zero-order valence-corrected chi connectivity index (χ0v) is 26.2. The van der Waals surface area contributed by atoms with Gasteiger partial charge >= 0.3 is 5.69 Å². The molecule has 2 aromatic carbocycles. The van der Waals surface area contributed by atoms with Crippen LogP contribution in [-0.2, 0) is 6.54 Å². The first-order chi connectivity index (χ1) is 21.1. The molecule has 1 atom stereocenters. The number of aliphatic hydroxyl groups excluding tert-OH is 1. The lowest BCUT2D eigenvalue weighted by Crippen LogP contribution is -2.50. The van der Waals surface area contributed by atoms with Crippen molar-refractivity contribution in [2.45, 2.75) is 59.4 Å². The fourth-order valence-corrected chi connectivity index (χ4v) is 6.21. The molecule has 1 aliphatic heterocycles. The average molecular weight is 599 g/mol. The number of carbonyl (C=O) groups is 1. The molecule has 2 aromatic heterocycles. The van der Waals surface area contributed by atoms with Crippen molar-refractivity contribution in [3.05, 3.63) is 98.8 Å². The third-order valence-corrected chi connectivity index (χ3v) is 8.17. The molecule has 10 nitrogen and oxygen atoms in total. The number of rotatable bonds is 9. The highest BCUT2D eigenvalue weighted by atomic mass is 16.3. The molecule has 3 heterocycles. The molecule has 0 aliphatic carbocycles. The van der Waals surface area contributed by atoms with Gasteiger partial charge in [-0.3, -0.25) is 19.1 Å². The number of amides is 1. The summed E-state index contributed by atoms with van der Waals surface area (Å²) in [4.78, 5) is 53.0. The normalized spacial score (nSPS) is 14.9. The summed E-state index contributed by atoms with van der Waals surface area (Å²) in [7, 11) is 0. The van der Waals surface area contributed by atoms with E-state index in [4.69, 9.17) is 0 Å². The van der Waals surface area contributed by atoms with Crippen molar-refractivity contribution in [3.63, 3.8) is 0 Å². The third-order valence-electron chi connectivity index (χ3n) is 8.17. The number of piperazine rings is 1. The quantitative estimate of drug-likeness (QED) is 0.315. The summed E-state index contributed by atoms with van der Waals surface area (Å²) in [5.74, 6) is -0.302. The second-order valence-corrected chi connectivity index (χ2v) is 12.1. The maximum Gasteiger partial charge on any atom is 0.337 e. The van der Waals surface area contributed by atoms with Gasteiger partial charge in [0.25, 0.3) is 11.5 Å². The van der Waals surface area contributed by atoms with Crippen LogP contribution in [0.2, 0.25) is 0 Å². The average Bonchev–Trinajstić information content (AvgIpc) is 3.00. The molecule has 1 unspecified atom stereocenters. The number of hydrogen-bond acceptors (Lipinski definition) is 7. The summed E-state index contributed by atoms with van der Waals surface area (Å²) in [6.07, 6.45) is -0.912. The Hall–Kier alpha value is -4.28. The van der Waals surface area contributed by atoms with Crippen LogP contribution in [0.5, 0.6) is 0 Å². The predicted octanol–water partition coefficient (Wildman–Crippen LogP) is 3.30. The minimum Gasteiger partial charge on any atom is -0.390 e. The van der Waals surface area contributed by atoms with Crippen LogP contribution in [0.15, 0.2) is 76.3 Å². The Labute approximate surface area is 257 Å². The van der Waals surface area contributed by atoms with Crippen LogP contribution < -0.4 is 16.1 Å². The molecule has 232 valence electrons. The van der Waals surface area contributed by atoms with Crippen molar-refractivity contribution >= 4 is 22.6 Å². The van der Waals surface area contributed by atoms with Crippen molar-refractivity contribution in [2.24, 2.45) is 0 Å².